The fraction of sp³-hybridized carbons (Fsp3) is 0. The number of benzene rings is 2. The standard InChI is InChI=1S/C12H9Br/c13-12-8-4-7-11(9-12)10-5-2-1-3-6-10/h1-9H/i1D,5D,6D,7D,8D. The second-order valence-electron chi connectivity index (χ2n) is 2.46. The fourth-order valence-electron chi connectivity index (χ4n) is 1.00. The number of halogens is 1. The van der Waals surface area contributed by atoms with Gasteiger partial charge in [0.1, 0.15) is 0 Å². The summed E-state index contributed by atoms with van der Waals surface area (Å²) in [5, 5.41) is 0. The van der Waals surface area contributed by atoms with E-state index in [4.69, 9.17) is 6.85 Å². The molecule has 0 bridgehead atoms. The van der Waals surface area contributed by atoms with E-state index in [1.807, 2.05) is 0 Å². The average molecular weight is 238 g/mol. The summed E-state index contributed by atoms with van der Waals surface area (Å²) in [7, 11) is 0. The van der Waals surface area contributed by atoms with Crippen molar-refractivity contribution in [2.24, 2.45) is 0 Å². The highest BCUT2D eigenvalue weighted by Gasteiger charge is 1.95. The zero-order chi connectivity index (χ0) is 13.4. The molecule has 13 heavy (non-hydrogen) atoms. The zero-order valence-electron chi connectivity index (χ0n) is 11.7. The van der Waals surface area contributed by atoms with Gasteiger partial charge < -0.3 is 0 Å². The first-order chi connectivity index (χ1) is 8.40. The van der Waals surface area contributed by atoms with Crippen LogP contribution in [0.4, 0.5) is 0 Å². The summed E-state index contributed by atoms with van der Waals surface area (Å²) in [5.74, 6) is 0. The molecule has 0 aliphatic carbocycles. The molecular formula is C12H9Br. The quantitative estimate of drug-likeness (QED) is 0.701. The van der Waals surface area contributed by atoms with Crippen molar-refractivity contribution in [3.05, 3.63) is 59.0 Å². The lowest BCUT2D eigenvalue weighted by atomic mass is 10.1. The molecule has 0 radical (unpaired) electrons. The fourth-order valence-corrected chi connectivity index (χ4v) is 1.35. The van der Waals surface area contributed by atoms with Gasteiger partial charge in [0.2, 0.25) is 0 Å². The van der Waals surface area contributed by atoms with Crippen molar-refractivity contribution >= 4 is 15.9 Å². The van der Waals surface area contributed by atoms with Gasteiger partial charge in [-0.25, -0.2) is 0 Å². The lowest BCUT2D eigenvalue weighted by molar-refractivity contribution is 1.59. The molecule has 0 saturated carbocycles. The van der Waals surface area contributed by atoms with Gasteiger partial charge in [-0.3, -0.25) is 0 Å². The second kappa shape index (κ2) is 3.75. The van der Waals surface area contributed by atoms with Gasteiger partial charge in [0.25, 0.3) is 0 Å². The predicted molar refractivity (Wildman–Crippen MR) is 59.6 cm³/mol. The molecule has 0 unspecified atom stereocenters. The van der Waals surface area contributed by atoms with E-state index in [0.29, 0.717) is 15.6 Å². The minimum absolute atomic E-state index is 0.0469. The van der Waals surface area contributed by atoms with Crippen LogP contribution in [0.1, 0.15) is 6.85 Å². The zero-order valence-corrected chi connectivity index (χ0v) is 8.27. The van der Waals surface area contributed by atoms with E-state index in [1.54, 1.807) is 6.07 Å². The molecule has 0 amide bonds. The summed E-state index contributed by atoms with van der Waals surface area (Å²) < 4.78 is 39.0. The van der Waals surface area contributed by atoms with Crippen LogP contribution in [0.25, 0.3) is 11.1 Å². The normalized spacial score (nSPS) is 15.3. The molecule has 0 aromatic heterocycles. The molecule has 2 aromatic rings. The van der Waals surface area contributed by atoms with Crippen LogP contribution in [-0.4, -0.2) is 0 Å². The predicted octanol–water partition coefficient (Wildman–Crippen LogP) is 4.12. The summed E-state index contributed by atoms with van der Waals surface area (Å²) in [6.07, 6.45) is 0. The first kappa shape index (κ1) is 4.43. The van der Waals surface area contributed by atoms with E-state index in [9.17, 15) is 0 Å². The van der Waals surface area contributed by atoms with Gasteiger partial charge in [-0.05, 0) is 23.2 Å². The smallest absolute Gasteiger partial charge is 0.0622 e. The van der Waals surface area contributed by atoms with Gasteiger partial charge in [0, 0.05) is 4.47 Å². The van der Waals surface area contributed by atoms with Gasteiger partial charge in [0.05, 0.1) is 6.85 Å². The average Bonchev–Trinajstić information content (AvgIpc) is 2.24. The van der Waals surface area contributed by atoms with Crippen LogP contribution >= 0.6 is 15.9 Å². The van der Waals surface area contributed by atoms with Crippen LogP contribution in [-0.2, 0) is 0 Å². The maximum absolute atomic E-state index is 7.84. The monoisotopic (exact) mass is 237 g/mol. The maximum atomic E-state index is 7.84. The maximum Gasteiger partial charge on any atom is 0.0635 e. The summed E-state index contributed by atoms with van der Waals surface area (Å²) in [6, 6.07) is 6.12. The molecule has 64 valence electrons. The molecule has 0 heterocycles. The number of hydrogen-bond acceptors (Lipinski definition) is 0. The highest BCUT2D eigenvalue weighted by atomic mass is 79.9. The van der Waals surface area contributed by atoms with E-state index >= 15 is 0 Å². The minimum Gasteiger partial charge on any atom is -0.0622 e. The van der Waals surface area contributed by atoms with E-state index < -0.39 is 0 Å². The van der Waals surface area contributed by atoms with E-state index in [1.165, 1.54) is 18.2 Å². The van der Waals surface area contributed by atoms with Crippen LogP contribution in [0, 0.1) is 0 Å². The Kier molecular flexibility index (Phi) is 1.28. The first-order valence-electron chi connectivity index (χ1n) is 6.25. The van der Waals surface area contributed by atoms with Crippen molar-refractivity contribution in [1.82, 2.24) is 0 Å². The van der Waals surface area contributed by atoms with Crippen molar-refractivity contribution in [2.75, 3.05) is 0 Å². The third-order valence-electron chi connectivity index (χ3n) is 1.58. The molecule has 0 N–H and O–H groups in total. The van der Waals surface area contributed by atoms with Crippen molar-refractivity contribution in [3.8, 4) is 11.1 Å². The van der Waals surface area contributed by atoms with E-state index in [-0.39, 0.29) is 30.2 Å². The van der Waals surface area contributed by atoms with Crippen molar-refractivity contribution < 1.29 is 6.85 Å². The summed E-state index contributed by atoms with van der Waals surface area (Å²) in [5.41, 5.74) is 0.740. The summed E-state index contributed by atoms with van der Waals surface area (Å²) in [4.78, 5) is 0. The van der Waals surface area contributed by atoms with Crippen LogP contribution in [0.15, 0.2) is 59.0 Å². The Morgan fingerprint density at radius 3 is 2.38 bits per heavy atom. The molecule has 0 spiro atoms. The lowest BCUT2D eigenvalue weighted by Crippen LogP contribution is -1.75. The Labute approximate surface area is 93.4 Å². The van der Waals surface area contributed by atoms with Gasteiger partial charge in [-0.2, -0.15) is 0 Å². The number of hydrogen-bond donors (Lipinski definition) is 0. The van der Waals surface area contributed by atoms with Crippen molar-refractivity contribution in [3.63, 3.8) is 0 Å². The van der Waals surface area contributed by atoms with Crippen LogP contribution < -0.4 is 0 Å². The van der Waals surface area contributed by atoms with Gasteiger partial charge >= 0.3 is 0 Å². The summed E-state index contributed by atoms with van der Waals surface area (Å²) >= 11 is 3.21. The lowest BCUT2D eigenvalue weighted by Gasteiger charge is -2.00. The van der Waals surface area contributed by atoms with Crippen molar-refractivity contribution in [2.45, 2.75) is 0 Å². The molecule has 1 heteroatoms. The Bertz CT molecular complexity index is 601. The molecule has 2 rings (SSSR count). The molecule has 0 nitrogen and oxygen atoms in total. The highest BCUT2D eigenvalue weighted by molar-refractivity contribution is 9.10. The van der Waals surface area contributed by atoms with Gasteiger partial charge in [-0.1, -0.05) is 58.3 Å². The Balaban J connectivity index is 2.73. The molecule has 0 atom stereocenters. The van der Waals surface area contributed by atoms with Crippen LogP contribution in [0.3, 0.4) is 0 Å². The molecular weight excluding hydrogens is 224 g/mol. The largest absolute Gasteiger partial charge is 0.0635 e. The van der Waals surface area contributed by atoms with Gasteiger partial charge in [0.15, 0.2) is 0 Å². The van der Waals surface area contributed by atoms with Gasteiger partial charge in [-0.15, -0.1) is 0 Å². The Morgan fingerprint density at radius 1 is 0.923 bits per heavy atom. The minimum atomic E-state index is 0.0469. The van der Waals surface area contributed by atoms with E-state index in [2.05, 4.69) is 15.9 Å². The first-order valence-corrected chi connectivity index (χ1v) is 4.54. The van der Waals surface area contributed by atoms with Crippen LogP contribution in [0.5, 0.6) is 0 Å². The third kappa shape index (κ3) is 1.99. The number of rotatable bonds is 1. The third-order valence-corrected chi connectivity index (χ3v) is 2.04. The molecule has 2 aromatic carbocycles. The topological polar surface area (TPSA) is 0 Å². The molecule has 0 aliphatic heterocycles. The highest BCUT2D eigenvalue weighted by Crippen LogP contribution is 2.22. The van der Waals surface area contributed by atoms with Crippen LogP contribution in [0.2, 0.25) is 0 Å². The Hall–Kier alpha value is -1.08. The molecule has 0 aliphatic rings. The molecule has 0 saturated heterocycles. The summed E-state index contributed by atoms with van der Waals surface area (Å²) in [6.45, 7) is 0. The SMILES string of the molecule is [2H]c1cc([2H])c(-c2cc(Br)c([2H])cc2[2H])c([2H])c1. The molecule has 0 fully saturated rings. The van der Waals surface area contributed by atoms with E-state index in [0.717, 1.165) is 0 Å². The second-order valence-corrected chi connectivity index (χ2v) is 3.31. The Morgan fingerprint density at radius 2 is 1.62 bits per heavy atom. The van der Waals surface area contributed by atoms with Crippen molar-refractivity contribution in [1.29, 1.82) is 0 Å².